The normalized spacial score (nSPS) is 33.0. The van der Waals surface area contributed by atoms with Crippen molar-refractivity contribution in [3.63, 3.8) is 0 Å². The summed E-state index contributed by atoms with van der Waals surface area (Å²) in [6.45, 7) is 7.09. The molecule has 4 unspecified atom stereocenters. The number of hydrogen-bond acceptors (Lipinski definition) is 5. The van der Waals surface area contributed by atoms with Crippen LogP contribution in [0.2, 0.25) is 0 Å². The zero-order valence-corrected chi connectivity index (χ0v) is 11.6. The number of amides is 1. The predicted octanol–water partition coefficient (Wildman–Crippen LogP) is 1.02. The number of aliphatic hydroxyl groups excluding tert-OH is 1. The molecule has 0 spiro atoms. The molecule has 0 aromatic heterocycles. The number of carbonyl (C=O) groups is 1. The third kappa shape index (κ3) is 4.44. The Labute approximate surface area is 108 Å². The fraction of sp³-hybridized carbons (Fsp3) is 0.917. The molecular weight excluding hydrogens is 238 g/mol. The maximum Gasteiger partial charge on any atom is 0.407 e. The molecule has 6 heteroatoms. The highest BCUT2D eigenvalue weighted by atomic mass is 16.7. The summed E-state index contributed by atoms with van der Waals surface area (Å²) in [4.78, 5) is 11.6. The van der Waals surface area contributed by atoms with Gasteiger partial charge in [-0.25, -0.2) is 4.79 Å². The van der Waals surface area contributed by atoms with Crippen LogP contribution in [0.15, 0.2) is 0 Å². The smallest absolute Gasteiger partial charge is 0.407 e. The highest BCUT2D eigenvalue weighted by Gasteiger charge is 2.36. The van der Waals surface area contributed by atoms with Crippen molar-refractivity contribution >= 4 is 6.09 Å². The molecule has 1 rings (SSSR count). The molecule has 1 aliphatic rings. The van der Waals surface area contributed by atoms with Crippen molar-refractivity contribution < 1.29 is 24.1 Å². The summed E-state index contributed by atoms with van der Waals surface area (Å²) in [5, 5.41) is 12.6. The summed E-state index contributed by atoms with van der Waals surface area (Å²) in [5.74, 6) is 0. The molecule has 1 aliphatic heterocycles. The van der Waals surface area contributed by atoms with Gasteiger partial charge in [-0.15, -0.1) is 0 Å². The first-order valence-corrected chi connectivity index (χ1v) is 6.09. The van der Waals surface area contributed by atoms with Gasteiger partial charge in [0, 0.05) is 13.5 Å². The van der Waals surface area contributed by atoms with E-state index in [0.29, 0.717) is 6.42 Å². The van der Waals surface area contributed by atoms with Crippen LogP contribution in [-0.2, 0) is 14.2 Å². The molecule has 0 radical (unpaired) electrons. The largest absolute Gasteiger partial charge is 0.444 e. The van der Waals surface area contributed by atoms with Gasteiger partial charge in [0.2, 0.25) is 0 Å². The molecule has 0 aromatic rings. The zero-order valence-electron chi connectivity index (χ0n) is 11.6. The summed E-state index contributed by atoms with van der Waals surface area (Å²) in [7, 11) is 1.53. The van der Waals surface area contributed by atoms with Crippen molar-refractivity contribution in [2.45, 2.75) is 64.3 Å². The van der Waals surface area contributed by atoms with Crippen LogP contribution in [0, 0.1) is 0 Å². The Balaban J connectivity index is 2.56. The SMILES string of the molecule is COC1CC(NC(=O)OC(C)(C)C)C(O)C(C)O1. The van der Waals surface area contributed by atoms with E-state index in [4.69, 9.17) is 14.2 Å². The first kappa shape index (κ1) is 15.2. The quantitative estimate of drug-likeness (QED) is 0.776. The Hall–Kier alpha value is -0.850. The fourth-order valence-electron chi connectivity index (χ4n) is 1.80. The van der Waals surface area contributed by atoms with Gasteiger partial charge in [0.05, 0.1) is 12.1 Å². The number of aliphatic hydroxyl groups is 1. The van der Waals surface area contributed by atoms with Crippen molar-refractivity contribution in [1.29, 1.82) is 0 Å². The number of carbonyl (C=O) groups excluding carboxylic acids is 1. The van der Waals surface area contributed by atoms with E-state index in [2.05, 4.69) is 5.32 Å². The van der Waals surface area contributed by atoms with Crippen LogP contribution in [0.1, 0.15) is 34.1 Å². The lowest BCUT2D eigenvalue weighted by Gasteiger charge is -2.37. The molecule has 0 aliphatic carbocycles. The minimum absolute atomic E-state index is 0.390. The topological polar surface area (TPSA) is 77.0 Å². The zero-order chi connectivity index (χ0) is 13.9. The molecule has 1 heterocycles. The first-order valence-electron chi connectivity index (χ1n) is 6.09. The molecule has 1 amide bonds. The van der Waals surface area contributed by atoms with Crippen LogP contribution >= 0.6 is 0 Å². The molecule has 2 N–H and O–H groups in total. The number of nitrogens with one attached hydrogen (secondary N) is 1. The predicted molar refractivity (Wildman–Crippen MR) is 65.1 cm³/mol. The van der Waals surface area contributed by atoms with E-state index in [9.17, 15) is 9.90 Å². The molecule has 106 valence electrons. The minimum Gasteiger partial charge on any atom is -0.444 e. The lowest BCUT2D eigenvalue weighted by atomic mass is 10.00. The van der Waals surface area contributed by atoms with Gasteiger partial charge in [0.25, 0.3) is 0 Å². The minimum atomic E-state index is -0.774. The Kier molecular flexibility index (Phi) is 4.95. The highest BCUT2D eigenvalue weighted by Crippen LogP contribution is 2.21. The molecule has 6 nitrogen and oxygen atoms in total. The van der Waals surface area contributed by atoms with Gasteiger partial charge in [0.15, 0.2) is 6.29 Å². The maximum atomic E-state index is 11.6. The van der Waals surface area contributed by atoms with Gasteiger partial charge < -0.3 is 24.6 Å². The van der Waals surface area contributed by atoms with Crippen LogP contribution in [-0.4, -0.2) is 48.5 Å². The number of rotatable bonds is 2. The third-order valence-electron chi connectivity index (χ3n) is 2.67. The second kappa shape index (κ2) is 5.86. The number of hydrogen-bond donors (Lipinski definition) is 2. The molecule has 4 atom stereocenters. The average molecular weight is 261 g/mol. The number of ether oxygens (including phenoxy) is 3. The molecule has 0 bridgehead atoms. The average Bonchev–Trinajstić information content (AvgIpc) is 2.21. The van der Waals surface area contributed by atoms with E-state index in [1.807, 2.05) is 0 Å². The van der Waals surface area contributed by atoms with Crippen molar-refractivity contribution in [1.82, 2.24) is 5.32 Å². The van der Waals surface area contributed by atoms with Gasteiger partial charge in [-0.2, -0.15) is 0 Å². The van der Waals surface area contributed by atoms with Crippen LogP contribution in [0.5, 0.6) is 0 Å². The van der Waals surface area contributed by atoms with Crippen molar-refractivity contribution in [3.05, 3.63) is 0 Å². The van der Waals surface area contributed by atoms with E-state index in [1.54, 1.807) is 27.7 Å². The van der Waals surface area contributed by atoms with Crippen LogP contribution in [0.3, 0.4) is 0 Å². The molecule has 0 aromatic carbocycles. The first-order chi connectivity index (χ1) is 8.23. The molecule has 1 fully saturated rings. The van der Waals surface area contributed by atoms with E-state index < -0.39 is 36.2 Å². The number of alkyl carbamates (subject to hydrolysis) is 1. The van der Waals surface area contributed by atoms with Gasteiger partial charge in [-0.3, -0.25) is 0 Å². The van der Waals surface area contributed by atoms with E-state index in [0.717, 1.165) is 0 Å². The summed E-state index contributed by atoms with van der Waals surface area (Å²) in [6, 6.07) is -0.437. The second-order valence-corrected chi connectivity index (χ2v) is 5.49. The summed E-state index contributed by atoms with van der Waals surface area (Å²) in [6.07, 6.45) is -1.76. The monoisotopic (exact) mass is 261 g/mol. The van der Waals surface area contributed by atoms with Crippen molar-refractivity contribution in [3.8, 4) is 0 Å². The summed E-state index contributed by atoms with van der Waals surface area (Å²) in [5.41, 5.74) is -0.563. The highest BCUT2D eigenvalue weighted by molar-refractivity contribution is 5.68. The lowest BCUT2D eigenvalue weighted by Crippen LogP contribution is -2.55. The summed E-state index contributed by atoms with van der Waals surface area (Å²) < 4.78 is 15.6. The second-order valence-electron chi connectivity index (χ2n) is 5.49. The van der Waals surface area contributed by atoms with Crippen LogP contribution in [0.25, 0.3) is 0 Å². The number of methoxy groups -OCH3 is 1. The molecule has 18 heavy (non-hydrogen) atoms. The maximum absolute atomic E-state index is 11.6. The molecular formula is C12H23NO5. The van der Waals surface area contributed by atoms with Crippen molar-refractivity contribution in [2.75, 3.05) is 7.11 Å². The van der Waals surface area contributed by atoms with Gasteiger partial charge in [0.1, 0.15) is 11.7 Å². The van der Waals surface area contributed by atoms with E-state index >= 15 is 0 Å². The van der Waals surface area contributed by atoms with E-state index in [-0.39, 0.29) is 0 Å². The summed E-state index contributed by atoms with van der Waals surface area (Å²) >= 11 is 0. The molecule has 0 saturated carbocycles. The Morgan fingerprint density at radius 2 is 2.06 bits per heavy atom. The van der Waals surface area contributed by atoms with Crippen LogP contribution in [0.4, 0.5) is 4.79 Å². The Bertz CT molecular complexity index is 289. The fourth-order valence-corrected chi connectivity index (χ4v) is 1.80. The lowest BCUT2D eigenvalue weighted by molar-refractivity contribution is -0.214. The van der Waals surface area contributed by atoms with Gasteiger partial charge in [-0.05, 0) is 27.7 Å². The standard InChI is InChI=1S/C12H23NO5/c1-7-10(14)8(6-9(16-5)17-7)13-11(15)18-12(2,3)4/h7-10,14H,6H2,1-5H3,(H,13,15). The Morgan fingerprint density at radius 3 is 2.56 bits per heavy atom. The van der Waals surface area contributed by atoms with Crippen LogP contribution < -0.4 is 5.32 Å². The van der Waals surface area contributed by atoms with Crippen molar-refractivity contribution in [2.24, 2.45) is 0 Å². The van der Waals surface area contributed by atoms with Gasteiger partial charge >= 0.3 is 6.09 Å². The van der Waals surface area contributed by atoms with Gasteiger partial charge in [-0.1, -0.05) is 0 Å². The Morgan fingerprint density at radius 1 is 1.44 bits per heavy atom. The third-order valence-corrected chi connectivity index (χ3v) is 2.67. The van der Waals surface area contributed by atoms with E-state index in [1.165, 1.54) is 7.11 Å². The molecule has 1 saturated heterocycles.